The van der Waals surface area contributed by atoms with Crippen molar-refractivity contribution in [1.82, 2.24) is 4.90 Å². The van der Waals surface area contributed by atoms with E-state index >= 15 is 0 Å². The Morgan fingerprint density at radius 2 is 2.09 bits per heavy atom. The Kier molecular flexibility index (Phi) is 6.84. The number of nitrogens with one attached hydrogen (secondary N) is 1. The van der Waals surface area contributed by atoms with Crippen LogP contribution in [0.15, 0.2) is 0 Å². The Bertz CT molecular complexity index is 557. The fourth-order valence-electron chi connectivity index (χ4n) is 2.53. The monoisotopic (exact) mass is 345 g/mol. The molecule has 0 spiro atoms. The van der Waals surface area contributed by atoms with Crippen molar-refractivity contribution in [3.05, 3.63) is 16.0 Å². The Hall–Kier alpha value is -1.11. The van der Waals surface area contributed by atoms with Gasteiger partial charge >= 0.3 is 5.97 Å². The standard InChI is InChI=1S/C15H22N2O3S.ClH/c1-5-20-15(19)13-11-6-7-17(9(2)3)8-12(11)21-14(13)16-10(4)18;/h9H,5-8H2,1-4H3,(H,16,18);1H/p-1. The lowest BCUT2D eigenvalue weighted by molar-refractivity contribution is -0.114. The number of esters is 1. The minimum absolute atomic E-state index is 0. The molecule has 7 heteroatoms. The molecule has 0 fully saturated rings. The first-order chi connectivity index (χ1) is 9.93. The molecule has 1 amide bonds. The minimum Gasteiger partial charge on any atom is -1.00 e. The molecule has 124 valence electrons. The molecule has 1 aliphatic heterocycles. The SMILES string of the molecule is CCOC(=O)c1c(NC(C)=O)sc2c1CCN(C(C)C)C2.[Cl-]. The average Bonchev–Trinajstić information content (AvgIpc) is 2.74. The first-order valence-corrected chi connectivity index (χ1v) is 8.09. The van der Waals surface area contributed by atoms with Crippen molar-refractivity contribution in [2.24, 2.45) is 0 Å². The molecule has 2 heterocycles. The largest absolute Gasteiger partial charge is 1.00 e. The molecule has 2 rings (SSSR count). The van der Waals surface area contributed by atoms with E-state index in [9.17, 15) is 9.59 Å². The number of halogens is 1. The lowest BCUT2D eigenvalue weighted by atomic mass is 10.0. The van der Waals surface area contributed by atoms with E-state index in [1.807, 2.05) is 0 Å². The normalized spacial score (nSPS) is 14.2. The van der Waals surface area contributed by atoms with Gasteiger partial charge in [-0.25, -0.2) is 4.79 Å². The zero-order chi connectivity index (χ0) is 15.6. The van der Waals surface area contributed by atoms with Crippen molar-refractivity contribution in [1.29, 1.82) is 0 Å². The predicted molar refractivity (Wildman–Crippen MR) is 83.8 cm³/mol. The van der Waals surface area contributed by atoms with Crippen molar-refractivity contribution in [2.75, 3.05) is 18.5 Å². The van der Waals surface area contributed by atoms with E-state index in [0.29, 0.717) is 23.2 Å². The van der Waals surface area contributed by atoms with Gasteiger partial charge in [-0.15, -0.1) is 11.3 Å². The number of ether oxygens (including phenoxy) is 1. The third-order valence-electron chi connectivity index (χ3n) is 3.59. The van der Waals surface area contributed by atoms with E-state index in [1.165, 1.54) is 18.3 Å². The van der Waals surface area contributed by atoms with Gasteiger partial charge in [0.1, 0.15) is 5.00 Å². The van der Waals surface area contributed by atoms with Gasteiger partial charge in [0.15, 0.2) is 0 Å². The van der Waals surface area contributed by atoms with Gasteiger partial charge in [0.25, 0.3) is 0 Å². The summed E-state index contributed by atoms with van der Waals surface area (Å²) < 4.78 is 5.15. The molecule has 5 nitrogen and oxygen atoms in total. The minimum atomic E-state index is -0.336. The molecule has 0 radical (unpaired) electrons. The summed E-state index contributed by atoms with van der Waals surface area (Å²) in [5, 5.41) is 3.40. The average molecular weight is 346 g/mol. The molecule has 0 atom stereocenters. The van der Waals surface area contributed by atoms with E-state index in [0.717, 1.165) is 30.0 Å². The number of nitrogens with zero attached hydrogens (tertiary/aromatic N) is 1. The zero-order valence-corrected chi connectivity index (χ0v) is 14.9. The Morgan fingerprint density at radius 1 is 1.41 bits per heavy atom. The number of hydrogen-bond donors (Lipinski definition) is 1. The number of rotatable bonds is 4. The van der Waals surface area contributed by atoms with Crippen LogP contribution in [-0.4, -0.2) is 36.0 Å². The number of anilines is 1. The third-order valence-corrected chi connectivity index (χ3v) is 4.72. The lowest BCUT2D eigenvalue weighted by Gasteiger charge is -2.30. The fraction of sp³-hybridized carbons (Fsp3) is 0.600. The zero-order valence-electron chi connectivity index (χ0n) is 13.4. The van der Waals surface area contributed by atoms with E-state index in [1.54, 1.807) is 6.92 Å². The molecule has 0 aliphatic carbocycles. The van der Waals surface area contributed by atoms with Crippen LogP contribution in [0.2, 0.25) is 0 Å². The predicted octanol–water partition coefficient (Wildman–Crippen LogP) is -0.346. The molecule has 0 unspecified atom stereocenters. The summed E-state index contributed by atoms with van der Waals surface area (Å²) in [5.41, 5.74) is 1.59. The van der Waals surface area contributed by atoms with Gasteiger partial charge in [-0.2, -0.15) is 0 Å². The molecule has 1 N–H and O–H groups in total. The molecule has 1 aromatic rings. The van der Waals surface area contributed by atoms with Crippen molar-refractivity contribution in [3.63, 3.8) is 0 Å². The Labute approximate surface area is 141 Å². The number of fused-ring (bicyclic) bond motifs is 1. The molecular formula is C15H22ClN2O3S-. The van der Waals surface area contributed by atoms with Gasteiger partial charge in [0.05, 0.1) is 12.2 Å². The van der Waals surface area contributed by atoms with Crippen molar-refractivity contribution in [2.45, 2.75) is 46.7 Å². The van der Waals surface area contributed by atoms with Crippen LogP contribution in [0.1, 0.15) is 48.5 Å². The summed E-state index contributed by atoms with van der Waals surface area (Å²) in [5.74, 6) is -0.503. The summed E-state index contributed by atoms with van der Waals surface area (Å²) in [7, 11) is 0. The highest BCUT2D eigenvalue weighted by atomic mass is 35.5. The quantitative estimate of drug-likeness (QED) is 0.758. The van der Waals surface area contributed by atoms with E-state index in [-0.39, 0.29) is 24.3 Å². The van der Waals surface area contributed by atoms with E-state index in [4.69, 9.17) is 4.74 Å². The number of carbonyl (C=O) groups is 2. The molecular weight excluding hydrogens is 324 g/mol. The molecule has 1 aliphatic rings. The van der Waals surface area contributed by atoms with Crippen LogP contribution < -0.4 is 17.7 Å². The summed E-state index contributed by atoms with van der Waals surface area (Å²) in [6, 6.07) is 0.468. The Balaban J connectivity index is 0.00000242. The van der Waals surface area contributed by atoms with Crippen LogP contribution in [0, 0.1) is 0 Å². The number of carbonyl (C=O) groups excluding carboxylic acids is 2. The maximum atomic E-state index is 12.2. The summed E-state index contributed by atoms with van der Waals surface area (Å²) in [4.78, 5) is 27.1. The van der Waals surface area contributed by atoms with Gasteiger partial charge in [-0.05, 0) is 32.8 Å². The van der Waals surface area contributed by atoms with Crippen LogP contribution in [0.3, 0.4) is 0 Å². The molecule has 0 aromatic carbocycles. The highest BCUT2D eigenvalue weighted by Crippen LogP contribution is 2.38. The Morgan fingerprint density at radius 3 is 2.64 bits per heavy atom. The van der Waals surface area contributed by atoms with Crippen LogP contribution in [0.4, 0.5) is 5.00 Å². The van der Waals surface area contributed by atoms with Crippen molar-refractivity contribution >= 4 is 28.2 Å². The van der Waals surface area contributed by atoms with Gasteiger partial charge in [-0.1, -0.05) is 0 Å². The van der Waals surface area contributed by atoms with Crippen LogP contribution >= 0.6 is 11.3 Å². The summed E-state index contributed by atoms with van der Waals surface area (Å²) in [6.45, 7) is 9.65. The first-order valence-electron chi connectivity index (χ1n) is 7.27. The smallest absolute Gasteiger partial charge is 0.341 e. The number of thiophene rings is 1. The number of amides is 1. The summed E-state index contributed by atoms with van der Waals surface area (Å²) in [6.07, 6.45) is 0.817. The fourth-order valence-corrected chi connectivity index (χ4v) is 3.84. The van der Waals surface area contributed by atoms with Gasteiger partial charge in [0.2, 0.25) is 5.91 Å². The molecule has 1 aromatic heterocycles. The number of hydrogen-bond acceptors (Lipinski definition) is 5. The van der Waals surface area contributed by atoms with Gasteiger partial charge in [0, 0.05) is 30.9 Å². The molecule has 0 bridgehead atoms. The van der Waals surface area contributed by atoms with Gasteiger partial charge < -0.3 is 22.5 Å². The second kappa shape index (κ2) is 7.94. The molecule has 0 saturated heterocycles. The van der Waals surface area contributed by atoms with Crippen molar-refractivity contribution < 1.29 is 26.7 Å². The van der Waals surface area contributed by atoms with Crippen LogP contribution in [0.25, 0.3) is 0 Å². The topological polar surface area (TPSA) is 58.6 Å². The highest BCUT2D eigenvalue weighted by Gasteiger charge is 2.29. The van der Waals surface area contributed by atoms with Crippen LogP contribution in [-0.2, 0) is 22.5 Å². The highest BCUT2D eigenvalue weighted by molar-refractivity contribution is 7.17. The van der Waals surface area contributed by atoms with E-state index < -0.39 is 0 Å². The molecule has 22 heavy (non-hydrogen) atoms. The van der Waals surface area contributed by atoms with Crippen molar-refractivity contribution in [3.8, 4) is 0 Å². The first kappa shape index (κ1) is 18.9. The third kappa shape index (κ3) is 4.00. The second-order valence-electron chi connectivity index (χ2n) is 5.42. The lowest BCUT2D eigenvalue weighted by Crippen LogP contribution is -3.00. The maximum Gasteiger partial charge on any atom is 0.341 e. The summed E-state index contributed by atoms with van der Waals surface area (Å²) >= 11 is 1.49. The molecule has 0 saturated carbocycles. The van der Waals surface area contributed by atoms with Gasteiger partial charge in [-0.3, -0.25) is 9.69 Å². The second-order valence-corrected chi connectivity index (χ2v) is 6.53. The van der Waals surface area contributed by atoms with Crippen LogP contribution in [0.5, 0.6) is 0 Å². The maximum absolute atomic E-state index is 12.2. The van der Waals surface area contributed by atoms with E-state index in [2.05, 4.69) is 24.1 Å².